The van der Waals surface area contributed by atoms with Crippen LogP contribution in [0.2, 0.25) is 5.02 Å². The summed E-state index contributed by atoms with van der Waals surface area (Å²) >= 11 is 12.1. The lowest BCUT2D eigenvalue weighted by atomic mass is 10.0. The molecule has 1 aliphatic rings. The Morgan fingerprint density at radius 1 is 1.12 bits per heavy atom. The number of nitrogens with zero attached hydrogens (tertiary/aromatic N) is 1. The molecule has 2 heterocycles. The number of halogens is 1. The molecule has 0 unspecified atom stereocenters. The van der Waals surface area contributed by atoms with Crippen LogP contribution in [0, 0.1) is 6.92 Å². The topological polar surface area (TPSA) is 99.9 Å². The molecule has 3 aromatic rings. The number of rotatable bonds is 5. The molecule has 2 N–H and O–H groups in total. The first kappa shape index (κ1) is 22.8. The first-order chi connectivity index (χ1) is 15.7. The van der Waals surface area contributed by atoms with Gasteiger partial charge in [0, 0.05) is 22.2 Å². The van der Waals surface area contributed by atoms with Gasteiger partial charge in [0.05, 0.1) is 10.5 Å². The highest BCUT2D eigenvalue weighted by Gasteiger charge is 2.34. The van der Waals surface area contributed by atoms with Crippen LogP contribution in [0.25, 0.3) is 17.4 Å². The fraction of sp³-hybridized carbons (Fsp3) is 0.0435. The van der Waals surface area contributed by atoms with E-state index in [4.69, 9.17) is 28.2 Å². The quantitative estimate of drug-likeness (QED) is 0.370. The zero-order valence-electron chi connectivity index (χ0n) is 17.0. The second-order valence-corrected chi connectivity index (χ2v) is 9.11. The standard InChI is InChI=1S/C23H15ClN2O5S2/c1-12-2-3-14(22(29)30)10-17(12)18-9-8-16(31-18)11-19-21(28)26(23(32)33-19)25-20(27)13-4-6-15(24)7-5-13/h2-11H,1H3,(H,25,27)(H,29,30)/b19-11-. The van der Waals surface area contributed by atoms with Gasteiger partial charge in [-0.3, -0.25) is 15.0 Å². The molecule has 0 bridgehead atoms. The number of thioether (sulfide) groups is 1. The van der Waals surface area contributed by atoms with E-state index >= 15 is 0 Å². The minimum atomic E-state index is -1.03. The number of carbonyl (C=O) groups excluding carboxylic acids is 2. The van der Waals surface area contributed by atoms with Gasteiger partial charge in [-0.2, -0.15) is 5.01 Å². The minimum Gasteiger partial charge on any atom is -0.478 e. The Labute approximate surface area is 203 Å². The smallest absolute Gasteiger partial charge is 0.335 e. The molecule has 2 aromatic carbocycles. The lowest BCUT2D eigenvalue weighted by Crippen LogP contribution is -2.44. The van der Waals surface area contributed by atoms with E-state index in [0.29, 0.717) is 27.7 Å². The molecular weight excluding hydrogens is 484 g/mol. The van der Waals surface area contributed by atoms with E-state index in [9.17, 15) is 19.5 Å². The Kier molecular flexibility index (Phi) is 6.37. The molecule has 166 valence electrons. The van der Waals surface area contributed by atoms with Crippen LogP contribution < -0.4 is 5.43 Å². The molecule has 1 fully saturated rings. The van der Waals surface area contributed by atoms with Crippen LogP contribution in [0.3, 0.4) is 0 Å². The normalized spacial score (nSPS) is 14.7. The second kappa shape index (κ2) is 9.22. The van der Waals surface area contributed by atoms with Crippen molar-refractivity contribution in [1.82, 2.24) is 10.4 Å². The monoisotopic (exact) mass is 498 g/mol. The maximum Gasteiger partial charge on any atom is 0.335 e. The van der Waals surface area contributed by atoms with Gasteiger partial charge in [0.1, 0.15) is 11.5 Å². The zero-order valence-corrected chi connectivity index (χ0v) is 19.4. The molecule has 0 radical (unpaired) electrons. The molecule has 0 aliphatic carbocycles. The molecule has 0 spiro atoms. The molecule has 7 nitrogen and oxygen atoms in total. The van der Waals surface area contributed by atoms with Crippen molar-refractivity contribution in [3.63, 3.8) is 0 Å². The number of carboxylic acid groups (broad SMARTS) is 1. The highest BCUT2D eigenvalue weighted by Crippen LogP contribution is 2.33. The Hall–Kier alpha value is -3.40. The number of benzene rings is 2. The lowest BCUT2D eigenvalue weighted by Gasteiger charge is -2.15. The summed E-state index contributed by atoms with van der Waals surface area (Å²) in [6.07, 6.45) is 1.52. The van der Waals surface area contributed by atoms with Crippen LogP contribution in [-0.4, -0.2) is 32.2 Å². The average Bonchev–Trinajstić information content (AvgIpc) is 3.34. The summed E-state index contributed by atoms with van der Waals surface area (Å²) in [6, 6.07) is 14.3. The third kappa shape index (κ3) is 4.85. The number of aryl methyl sites for hydroxylation is 1. The fourth-order valence-corrected chi connectivity index (χ4v) is 4.34. The fourth-order valence-electron chi connectivity index (χ4n) is 3.06. The number of carboxylic acids is 1. The van der Waals surface area contributed by atoms with Gasteiger partial charge in [-0.15, -0.1) is 0 Å². The van der Waals surface area contributed by atoms with Crippen molar-refractivity contribution in [2.45, 2.75) is 6.92 Å². The number of nitrogens with one attached hydrogen (secondary N) is 1. The molecule has 33 heavy (non-hydrogen) atoms. The summed E-state index contributed by atoms with van der Waals surface area (Å²) in [5.74, 6) is -1.18. The van der Waals surface area contributed by atoms with Gasteiger partial charge >= 0.3 is 5.97 Å². The van der Waals surface area contributed by atoms with Gasteiger partial charge in [-0.05, 0) is 73.2 Å². The van der Waals surface area contributed by atoms with Crippen molar-refractivity contribution >= 4 is 63.8 Å². The number of thiocarbonyl (C=S) groups is 1. The summed E-state index contributed by atoms with van der Waals surface area (Å²) < 4.78 is 6.00. The molecule has 1 aromatic heterocycles. The van der Waals surface area contributed by atoms with Crippen molar-refractivity contribution in [3.8, 4) is 11.3 Å². The van der Waals surface area contributed by atoms with Crippen molar-refractivity contribution in [3.05, 3.63) is 87.0 Å². The Morgan fingerprint density at radius 3 is 2.52 bits per heavy atom. The predicted molar refractivity (Wildman–Crippen MR) is 130 cm³/mol. The number of furan rings is 1. The molecule has 4 rings (SSSR count). The Morgan fingerprint density at radius 2 is 1.82 bits per heavy atom. The molecule has 2 amide bonds. The molecule has 1 aliphatic heterocycles. The van der Waals surface area contributed by atoms with E-state index in [1.165, 1.54) is 30.3 Å². The van der Waals surface area contributed by atoms with Crippen molar-refractivity contribution < 1.29 is 23.9 Å². The zero-order chi connectivity index (χ0) is 23.7. The highest BCUT2D eigenvalue weighted by molar-refractivity contribution is 8.26. The number of hydrazine groups is 1. The van der Waals surface area contributed by atoms with Gasteiger partial charge in [-0.1, -0.05) is 29.4 Å². The molecule has 1 saturated heterocycles. The van der Waals surface area contributed by atoms with Gasteiger partial charge in [-0.25, -0.2) is 4.79 Å². The second-order valence-electron chi connectivity index (χ2n) is 7.00. The number of amides is 2. The number of hydrogen-bond donors (Lipinski definition) is 2. The SMILES string of the molecule is Cc1ccc(C(=O)O)cc1-c1ccc(/C=C2\SC(=S)N(NC(=O)c3ccc(Cl)cc3)C2=O)o1. The summed E-state index contributed by atoms with van der Waals surface area (Å²) in [7, 11) is 0. The van der Waals surface area contributed by atoms with Crippen LogP contribution in [0.15, 0.2) is 63.9 Å². The number of aromatic carboxylic acids is 1. The van der Waals surface area contributed by atoms with E-state index in [2.05, 4.69) is 5.43 Å². The molecule has 0 atom stereocenters. The van der Waals surface area contributed by atoms with Crippen molar-refractivity contribution in [2.75, 3.05) is 0 Å². The number of carbonyl (C=O) groups is 3. The maximum atomic E-state index is 12.8. The minimum absolute atomic E-state index is 0.144. The van der Waals surface area contributed by atoms with Crippen LogP contribution in [0.5, 0.6) is 0 Å². The largest absolute Gasteiger partial charge is 0.478 e. The van der Waals surface area contributed by atoms with Gasteiger partial charge < -0.3 is 9.52 Å². The summed E-state index contributed by atoms with van der Waals surface area (Å²) in [4.78, 5) is 36.8. The van der Waals surface area contributed by atoms with E-state index < -0.39 is 17.8 Å². The summed E-state index contributed by atoms with van der Waals surface area (Å²) in [6.45, 7) is 1.84. The van der Waals surface area contributed by atoms with E-state index in [0.717, 1.165) is 22.3 Å². The first-order valence-corrected chi connectivity index (χ1v) is 11.1. The molecular formula is C23H15ClN2O5S2. The number of hydrogen-bond acceptors (Lipinski definition) is 6. The first-order valence-electron chi connectivity index (χ1n) is 9.51. The van der Waals surface area contributed by atoms with E-state index in [1.54, 1.807) is 30.3 Å². The van der Waals surface area contributed by atoms with Crippen LogP contribution >= 0.6 is 35.6 Å². The highest BCUT2D eigenvalue weighted by atomic mass is 35.5. The third-order valence-electron chi connectivity index (χ3n) is 4.76. The lowest BCUT2D eigenvalue weighted by molar-refractivity contribution is -0.123. The summed E-state index contributed by atoms with van der Waals surface area (Å²) in [5, 5.41) is 10.7. The van der Waals surface area contributed by atoms with Crippen LogP contribution in [0.4, 0.5) is 0 Å². The van der Waals surface area contributed by atoms with E-state index in [1.807, 2.05) is 6.92 Å². The molecule has 0 saturated carbocycles. The van der Waals surface area contributed by atoms with Crippen LogP contribution in [-0.2, 0) is 4.79 Å². The van der Waals surface area contributed by atoms with Crippen molar-refractivity contribution in [2.24, 2.45) is 0 Å². The summed E-state index contributed by atoms with van der Waals surface area (Å²) in [5.41, 5.74) is 4.45. The Bertz CT molecular complexity index is 1330. The van der Waals surface area contributed by atoms with Crippen LogP contribution in [0.1, 0.15) is 32.0 Å². The van der Waals surface area contributed by atoms with Gasteiger partial charge in [0.15, 0.2) is 4.32 Å². The predicted octanol–water partition coefficient (Wildman–Crippen LogP) is 5.15. The van der Waals surface area contributed by atoms with Gasteiger partial charge in [0.2, 0.25) is 0 Å². The van der Waals surface area contributed by atoms with Gasteiger partial charge in [0.25, 0.3) is 11.8 Å². The third-order valence-corrected chi connectivity index (χ3v) is 6.32. The Balaban J connectivity index is 1.53. The van der Waals surface area contributed by atoms with E-state index in [-0.39, 0.29) is 14.8 Å². The maximum absolute atomic E-state index is 12.8. The molecule has 10 heteroatoms. The average molecular weight is 499 g/mol. The van der Waals surface area contributed by atoms with Crippen molar-refractivity contribution in [1.29, 1.82) is 0 Å².